The summed E-state index contributed by atoms with van der Waals surface area (Å²) in [7, 11) is -1.36. The third-order valence-electron chi connectivity index (χ3n) is 11.1. The summed E-state index contributed by atoms with van der Waals surface area (Å²) in [6, 6.07) is 30.1. The molecular formula is C51H57IrN5OSi-2. The Balaban J connectivity index is 0.000000220. The first-order valence-corrected chi connectivity index (χ1v) is 24.1. The molecule has 1 unspecified atom stereocenters. The van der Waals surface area contributed by atoms with Crippen molar-refractivity contribution in [1.82, 2.24) is 24.5 Å². The van der Waals surface area contributed by atoms with E-state index >= 15 is 0 Å². The number of furan rings is 1. The van der Waals surface area contributed by atoms with Crippen LogP contribution in [0.2, 0.25) is 19.6 Å². The fourth-order valence-electron chi connectivity index (χ4n) is 7.88. The van der Waals surface area contributed by atoms with Gasteiger partial charge in [0.2, 0.25) is 5.71 Å². The van der Waals surface area contributed by atoms with E-state index in [0.717, 1.165) is 73.5 Å². The van der Waals surface area contributed by atoms with Gasteiger partial charge in [-0.15, -0.1) is 53.6 Å². The molecule has 3 aromatic carbocycles. The molecule has 0 spiro atoms. The van der Waals surface area contributed by atoms with Crippen molar-refractivity contribution in [3.63, 3.8) is 0 Å². The van der Waals surface area contributed by atoms with E-state index in [1.165, 1.54) is 39.4 Å². The van der Waals surface area contributed by atoms with Crippen molar-refractivity contribution in [1.29, 1.82) is 0 Å². The van der Waals surface area contributed by atoms with Crippen molar-refractivity contribution in [3.05, 3.63) is 130 Å². The molecule has 0 N–H and O–H groups in total. The second kappa shape index (κ2) is 17.1. The standard InChI is InChI=1S/C31H29N4O.C20H28NSi.Ir/c1-17-13-18(2)27(19(3)14-17)35-25-15-20(4)32-16-24(25)33-29(35)23-10-8-9-21-22-11-12-26(31(5,6)7)34-30(22)36-28(21)23;1-7-15(2)12-18-13-19(17-10-8-16(3)9-11-17)21-14-20(18)22(4,5)6;/h8-9,11-16H,1-7H3;8-10,13-15H,7,12H2,1-6H3;/q2*-1;. The van der Waals surface area contributed by atoms with Crippen LogP contribution in [0.15, 0.2) is 83.5 Å². The van der Waals surface area contributed by atoms with Gasteiger partial charge in [0, 0.05) is 54.2 Å². The van der Waals surface area contributed by atoms with Crippen LogP contribution >= 0.6 is 0 Å². The molecule has 0 aliphatic heterocycles. The minimum Gasteiger partial charge on any atom is -0.486 e. The van der Waals surface area contributed by atoms with Crippen molar-refractivity contribution < 1.29 is 24.5 Å². The van der Waals surface area contributed by atoms with E-state index in [2.05, 4.69) is 158 Å². The second-order valence-corrected chi connectivity index (χ2v) is 23.3. The summed E-state index contributed by atoms with van der Waals surface area (Å²) >= 11 is 0. The molecule has 59 heavy (non-hydrogen) atoms. The molecule has 1 radical (unpaired) electrons. The molecule has 0 aliphatic rings. The number of nitrogens with zero attached hydrogens (tertiary/aromatic N) is 5. The minimum absolute atomic E-state index is 0. The quantitative estimate of drug-likeness (QED) is 0.118. The van der Waals surface area contributed by atoms with E-state index in [1.54, 1.807) is 0 Å². The van der Waals surface area contributed by atoms with Crippen molar-refractivity contribution in [2.45, 2.75) is 107 Å². The van der Waals surface area contributed by atoms with Crippen LogP contribution in [0.1, 0.15) is 80.2 Å². The van der Waals surface area contributed by atoms with Gasteiger partial charge in [0.1, 0.15) is 0 Å². The van der Waals surface area contributed by atoms with Gasteiger partial charge in [-0.2, -0.15) is 0 Å². The largest absolute Gasteiger partial charge is 0.486 e. The average molecular weight is 976 g/mol. The summed E-state index contributed by atoms with van der Waals surface area (Å²) in [6.45, 7) is 28.9. The molecular weight excluding hydrogens is 919 g/mol. The molecule has 0 fully saturated rings. The van der Waals surface area contributed by atoms with Crippen LogP contribution in [0.3, 0.4) is 0 Å². The summed E-state index contributed by atoms with van der Waals surface area (Å²) in [5.74, 6) is 1.50. The monoisotopic (exact) mass is 976 g/mol. The fourth-order valence-corrected chi connectivity index (χ4v) is 9.47. The number of aromatic nitrogens is 5. The summed E-state index contributed by atoms with van der Waals surface area (Å²) in [6.07, 6.45) is 6.35. The molecule has 1 atom stereocenters. The van der Waals surface area contributed by atoms with Crippen LogP contribution in [-0.4, -0.2) is 32.6 Å². The van der Waals surface area contributed by atoms with Gasteiger partial charge < -0.3 is 14.0 Å². The van der Waals surface area contributed by atoms with Crippen molar-refractivity contribution in [2.75, 3.05) is 0 Å². The summed E-state index contributed by atoms with van der Waals surface area (Å²) < 4.78 is 8.69. The SMILES string of the molecule is CCC(C)Cc1cc(-c2[c-]cc(C)cc2)ncc1[Si](C)(C)C.Cc1cc(C)c(-n2c(-c3[c-]ccc4c3oc3nc(C(C)(C)C)ccc34)nc3cnc(C)cc32)c(C)c1.[Ir]. The zero-order valence-electron chi connectivity index (χ0n) is 37.0. The topological polar surface area (TPSA) is 69.6 Å². The number of benzene rings is 3. The van der Waals surface area contributed by atoms with Crippen LogP contribution in [0.5, 0.6) is 0 Å². The number of rotatable bonds is 7. The van der Waals surface area contributed by atoms with E-state index in [4.69, 9.17) is 19.4 Å². The molecule has 0 amide bonds. The Hall–Kier alpha value is -4.75. The van der Waals surface area contributed by atoms with Crippen molar-refractivity contribution in [3.8, 4) is 28.3 Å². The third-order valence-corrected chi connectivity index (χ3v) is 13.2. The van der Waals surface area contributed by atoms with E-state index in [0.29, 0.717) is 11.6 Å². The molecule has 0 saturated carbocycles. The number of hydrogen-bond acceptors (Lipinski definition) is 5. The third kappa shape index (κ3) is 9.06. The van der Waals surface area contributed by atoms with Crippen LogP contribution < -0.4 is 5.19 Å². The predicted octanol–water partition coefficient (Wildman–Crippen LogP) is 12.7. The van der Waals surface area contributed by atoms with Crippen LogP contribution in [0, 0.1) is 52.7 Å². The molecule has 6 nitrogen and oxygen atoms in total. The Morgan fingerprint density at radius 3 is 2.19 bits per heavy atom. The summed E-state index contributed by atoms with van der Waals surface area (Å²) in [4.78, 5) is 19.2. The number of imidazole rings is 1. The zero-order chi connectivity index (χ0) is 41.7. The zero-order valence-corrected chi connectivity index (χ0v) is 40.4. The molecule has 5 aromatic heterocycles. The van der Waals surface area contributed by atoms with Gasteiger partial charge in [0.05, 0.1) is 36.7 Å². The molecule has 0 saturated heterocycles. The van der Waals surface area contributed by atoms with Crippen LogP contribution in [0.25, 0.3) is 61.4 Å². The van der Waals surface area contributed by atoms with Gasteiger partial charge in [0.15, 0.2) is 0 Å². The maximum Gasteiger partial charge on any atom is 0.216 e. The number of fused-ring (bicyclic) bond motifs is 4. The second-order valence-electron chi connectivity index (χ2n) is 18.3. The smallest absolute Gasteiger partial charge is 0.216 e. The van der Waals surface area contributed by atoms with Crippen molar-refractivity contribution >= 4 is 46.4 Å². The van der Waals surface area contributed by atoms with E-state index in [9.17, 15) is 0 Å². The summed E-state index contributed by atoms with van der Waals surface area (Å²) in [5.41, 5.74) is 15.6. The van der Waals surface area contributed by atoms with Crippen molar-refractivity contribution in [2.24, 2.45) is 5.92 Å². The van der Waals surface area contributed by atoms with Gasteiger partial charge in [-0.25, -0.2) is 4.98 Å². The van der Waals surface area contributed by atoms with Gasteiger partial charge in [-0.3, -0.25) is 9.97 Å². The van der Waals surface area contributed by atoms with E-state index in [1.807, 2.05) is 31.3 Å². The van der Waals surface area contributed by atoms with Gasteiger partial charge in [0.25, 0.3) is 0 Å². The predicted molar refractivity (Wildman–Crippen MR) is 245 cm³/mol. The molecule has 8 aromatic rings. The molecule has 0 bridgehead atoms. The maximum absolute atomic E-state index is 6.45. The first-order valence-electron chi connectivity index (χ1n) is 20.6. The number of aryl methyl sites for hydroxylation is 5. The Morgan fingerprint density at radius 2 is 1.54 bits per heavy atom. The minimum atomic E-state index is -1.36. The molecule has 8 rings (SSSR count). The average Bonchev–Trinajstić information content (AvgIpc) is 3.72. The number of pyridine rings is 3. The Bertz CT molecular complexity index is 2760. The van der Waals surface area contributed by atoms with E-state index in [-0.39, 0.29) is 25.5 Å². The Kier molecular flexibility index (Phi) is 12.7. The fraction of sp³-hybridized carbons (Fsp3) is 0.333. The summed E-state index contributed by atoms with van der Waals surface area (Å²) in [5, 5.41) is 3.51. The Labute approximate surface area is 365 Å². The molecule has 8 heteroatoms. The van der Waals surface area contributed by atoms with Crippen LogP contribution in [0.4, 0.5) is 0 Å². The van der Waals surface area contributed by atoms with Gasteiger partial charge in [-0.05, 0) is 80.2 Å². The normalized spacial score (nSPS) is 12.4. The maximum atomic E-state index is 6.45. The number of hydrogen-bond donors (Lipinski definition) is 0. The molecule has 0 aliphatic carbocycles. The van der Waals surface area contributed by atoms with Gasteiger partial charge in [-0.1, -0.05) is 108 Å². The molecule has 307 valence electrons. The van der Waals surface area contributed by atoms with E-state index < -0.39 is 8.07 Å². The van der Waals surface area contributed by atoms with Gasteiger partial charge >= 0.3 is 0 Å². The Morgan fingerprint density at radius 1 is 0.814 bits per heavy atom. The molecule has 5 heterocycles. The first-order chi connectivity index (χ1) is 27.4. The first kappa shape index (κ1) is 43.8. The van der Waals surface area contributed by atoms with Crippen LogP contribution in [-0.2, 0) is 31.9 Å².